The van der Waals surface area contributed by atoms with Crippen molar-refractivity contribution >= 4 is 5.97 Å². The molecule has 1 aromatic heterocycles. The van der Waals surface area contributed by atoms with Crippen LogP contribution in [0, 0.1) is 0 Å². The van der Waals surface area contributed by atoms with Gasteiger partial charge in [-0.2, -0.15) is 0 Å². The average molecular weight is 254 g/mol. The number of hydrogen-bond acceptors (Lipinski definition) is 4. The zero-order chi connectivity index (χ0) is 13.2. The summed E-state index contributed by atoms with van der Waals surface area (Å²) in [4.78, 5) is 14.2. The molecule has 0 aliphatic heterocycles. The molecule has 0 radical (unpaired) electrons. The van der Waals surface area contributed by atoms with E-state index in [0.717, 1.165) is 31.7 Å². The molecule has 5 heteroatoms. The average Bonchev–Trinajstić information content (AvgIpc) is 2.85. The Bertz CT molecular complexity index is 350. The number of aromatic nitrogens is 1. The second-order valence-electron chi connectivity index (χ2n) is 4.03. The van der Waals surface area contributed by atoms with Gasteiger partial charge in [-0.05, 0) is 18.6 Å². The molecule has 0 bridgehead atoms. The third-order valence-electron chi connectivity index (χ3n) is 2.53. The molecular weight excluding hydrogens is 232 g/mol. The zero-order valence-electron chi connectivity index (χ0n) is 11.1. The number of rotatable bonds is 9. The fraction of sp³-hybridized carbons (Fsp3) is 0.615. The van der Waals surface area contributed by atoms with Crippen LogP contribution in [0.15, 0.2) is 12.1 Å². The maximum Gasteiger partial charge on any atom is 0.354 e. The standard InChI is InChI=1S/C13H22N2O3/c1-3-4-8-18-9-7-14-10-11-5-6-12(15-11)13(16)17-2/h5-6,14-15H,3-4,7-10H2,1-2H3. The first kappa shape index (κ1) is 14.7. The Balaban J connectivity index is 2.12. The van der Waals surface area contributed by atoms with Crippen LogP contribution in [0.1, 0.15) is 35.9 Å². The van der Waals surface area contributed by atoms with Gasteiger partial charge in [-0.25, -0.2) is 4.79 Å². The molecule has 0 fully saturated rings. The number of aromatic amines is 1. The largest absolute Gasteiger partial charge is 0.464 e. The van der Waals surface area contributed by atoms with E-state index in [1.54, 1.807) is 6.07 Å². The van der Waals surface area contributed by atoms with Crippen molar-refractivity contribution in [3.63, 3.8) is 0 Å². The molecule has 1 heterocycles. The lowest BCUT2D eigenvalue weighted by Crippen LogP contribution is -2.19. The monoisotopic (exact) mass is 254 g/mol. The van der Waals surface area contributed by atoms with Crippen LogP contribution < -0.4 is 5.32 Å². The highest BCUT2D eigenvalue weighted by atomic mass is 16.5. The van der Waals surface area contributed by atoms with Crippen LogP contribution in [0.5, 0.6) is 0 Å². The number of carbonyl (C=O) groups is 1. The van der Waals surface area contributed by atoms with E-state index in [2.05, 4.69) is 22.0 Å². The first-order valence-corrected chi connectivity index (χ1v) is 6.32. The first-order chi connectivity index (χ1) is 8.77. The molecular formula is C13H22N2O3. The van der Waals surface area contributed by atoms with Crippen LogP contribution in [0.4, 0.5) is 0 Å². The number of nitrogens with one attached hydrogen (secondary N) is 2. The third-order valence-corrected chi connectivity index (χ3v) is 2.53. The number of unbranched alkanes of at least 4 members (excludes halogenated alkanes) is 1. The lowest BCUT2D eigenvalue weighted by Gasteiger charge is -2.04. The maximum absolute atomic E-state index is 11.2. The second-order valence-corrected chi connectivity index (χ2v) is 4.03. The third kappa shape index (κ3) is 5.33. The Kier molecular flexibility index (Phi) is 7.13. The van der Waals surface area contributed by atoms with Gasteiger partial charge in [0, 0.05) is 25.4 Å². The number of carbonyl (C=O) groups excluding carboxylic acids is 1. The number of ether oxygens (including phenoxy) is 2. The molecule has 0 unspecified atom stereocenters. The minimum absolute atomic E-state index is 0.343. The van der Waals surface area contributed by atoms with E-state index in [1.165, 1.54) is 7.11 Å². The van der Waals surface area contributed by atoms with Crippen molar-refractivity contribution in [3.05, 3.63) is 23.5 Å². The van der Waals surface area contributed by atoms with Gasteiger partial charge < -0.3 is 19.8 Å². The van der Waals surface area contributed by atoms with Gasteiger partial charge in [-0.3, -0.25) is 0 Å². The Hall–Kier alpha value is -1.33. The molecule has 0 amide bonds. The van der Waals surface area contributed by atoms with Crippen molar-refractivity contribution in [2.45, 2.75) is 26.3 Å². The van der Waals surface area contributed by atoms with Crippen molar-refractivity contribution < 1.29 is 14.3 Å². The summed E-state index contributed by atoms with van der Waals surface area (Å²) < 4.78 is 10.0. The fourth-order valence-corrected chi connectivity index (χ4v) is 1.49. The van der Waals surface area contributed by atoms with E-state index in [9.17, 15) is 4.79 Å². The van der Waals surface area contributed by atoms with Gasteiger partial charge in [-0.15, -0.1) is 0 Å². The molecule has 0 atom stereocenters. The van der Waals surface area contributed by atoms with E-state index < -0.39 is 0 Å². The highest BCUT2D eigenvalue weighted by Crippen LogP contribution is 2.02. The quantitative estimate of drug-likeness (QED) is 0.520. The Morgan fingerprint density at radius 3 is 2.94 bits per heavy atom. The van der Waals surface area contributed by atoms with E-state index >= 15 is 0 Å². The van der Waals surface area contributed by atoms with Gasteiger partial charge >= 0.3 is 5.97 Å². The molecule has 0 spiro atoms. The van der Waals surface area contributed by atoms with Gasteiger partial charge in [0.2, 0.25) is 0 Å². The van der Waals surface area contributed by atoms with E-state index in [1.807, 2.05) is 6.07 Å². The van der Waals surface area contributed by atoms with Crippen molar-refractivity contribution in [3.8, 4) is 0 Å². The van der Waals surface area contributed by atoms with Gasteiger partial charge in [0.05, 0.1) is 13.7 Å². The SMILES string of the molecule is CCCCOCCNCc1ccc(C(=O)OC)[nH]1. The summed E-state index contributed by atoms with van der Waals surface area (Å²) in [5.41, 5.74) is 1.44. The smallest absolute Gasteiger partial charge is 0.354 e. The van der Waals surface area contributed by atoms with Crippen LogP contribution in [-0.4, -0.2) is 37.8 Å². The number of esters is 1. The summed E-state index contributed by atoms with van der Waals surface area (Å²) in [5, 5.41) is 3.24. The number of methoxy groups -OCH3 is 1. The highest BCUT2D eigenvalue weighted by molar-refractivity contribution is 5.87. The summed E-state index contributed by atoms with van der Waals surface area (Å²) in [6, 6.07) is 3.60. The predicted octanol–water partition coefficient (Wildman–Crippen LogP) is 1.71. The van der Waals surface area contributed by atoms with Crippen molar-refractivity contribution in [1.29, 1.82) is 0 Å². The summed E-state index contributed by atoms with van der Waals surface area (Å²) >= 11 is 0. The van der Waals surface area contributed by atoms with Crippen molar-refractivity contribution in [1.82, 2.24) is 10.3 Å². The van der Waals surface area contributed by atoms with Crippen molar-refractivity contribution in [2.75, 3.05) is 26.9 Å². The minimum atomic E-state index is -0.343. The van der Waals surface area contributed by atoms with Crippen LogP contribution in [0.25, 0.3) is 0 Å². The zero-order valence-corrected chi connectivity index (χ0v) is 11.1. The normalized spacial score (nSPS) is 10.6. The molecule has 0 aliphatic carbocycles. The topological polar surface area (TPSA) is 63.4 Å². The van der Waals surface area contributed by atoms with Crippen LogP contribution in [-0.2, 0) is 16.0 Å². The van der Waals surface area contributed by atoms with E-state index in [-0.39, 0.29) is 5.97 Å². The Morgan fingerprint density at radius 2 is 2.22 bits per heavy atom. The van der Waals surface area contributed by atoms with Gasteiger partial charge in [-0.1, -0.05) is 13.3 Å². The molecule has 102 valence electrons. The molecule has 0 saturated heterocycles. The van der Waals surface area contributed by atoms with E-state index in [4.69, 9.17) is 4.74 Å². The molecule has 1 aromatic rings. The van der Waals surface area contributed by atoms with Crippen LogP contribution >= 0.6 is 0 Å². The fourth-order valence-electron chi connectivity index (χ4n) is 1.49. The summed E-state index contributed by atoms with van der Waals surface area (Å²) in [6.45, 7) is 5.17. The molecule has 0 aromatic carbocycles. The molecule has 0 aliphatic rings. The second kappa shape index (κ2) is 8.72. The number of hydrogen-bond donors (Lipinski definition) is 2. The number of H-pyrrole nitrogens is 1. The molecule has 1 rings (SSSR count). The van der Waals surface area contributed by atoms with Gasteiger partial charge in [0.25, 0.3) is 0 Å². The van der Waals surface area contributed by atoms with Crippen LogP contribution in [0.2, 0.25) is 0 Å². The lowest BCUT2D eigenvalue weighted by molar-refractivity contribution is 0.0594. The molecule has 2 N–H and O–H groups in total. The van der Waals surface area contributed by atoms with Crippen molar-refractivity contribution in [2.24, 2.45) is 0 Å². The summed E-state index contributed by atoms with van der Waals surface area (Å²) in [6.07, 6.45) is 2.27. The van der Waals surface area contributed by atoms with Gasteiger partial charge in [0.15, 0.2) is 0 Å². The summed E-state index contributed by atoms with van der Waals surface area (Å²) in [5.74, 6) is -0.343. The maximum atomic E-state index is 11.2. The first-order valence-electron chi connectivity index (χ1n) is 6.32. The highest BCUT2D eigenvalue weighted by Gasteiger charge is 2.07. The van der Waals surface area contributed by atoms with Gasteiger partial charge in [0.1, 0.15) is 5.69 Å². The Morgan fingerprint density at radius 1 is 1.39 bits per heavy atom. The van der Waals surface area contributed by atoms with E-state index in [0.29, 0.717) is 18.8 Å². The predicted molar refractivity (Wildman–Crippen MR) is 69.6 cm³/mol. The molecule has 5 nitrogen and oxygen atoms in total. The van der Waals surface area contributed by atoms with Crippen LogP contribution in [0.3, 0.4) is 0 Å². The molecule has 18 heavy (non-hydrogen) atoms. The lowest BCUT2D eigenvalue weighted by atomic mass is 10.4. The summed E-state index contributed by atoms with van der Waals surface area (Å²) in [7, 11) is 1.37. The minimum Gasteiger partial charge on any atom is -0.464 e. The molecule has 0 saturated carbocycles. The Labute approximate surface area is 108 Å².